The van der Waals surface area contributed by atoms with Crippen molar-refractivity contribution in [2.24, 2.45) is 7.05 Å². The van der Waals surface area contributed by atoms with Crippen molar-refractivity contribution in [3.05, 3.63) is 46.7 Å². The molecule has 1 amide bonds. The summed E-state index contributed by atoms with van der Waals surface area (Å²) in [4.78, 5) is 12.8. The fraction of sp³-hybridized carbons (Fsp3) is 0.353. The van der Waals surface area contributed by atoms with Crippen LogP contribution < -0.4 is 10.0 Å². The zero-order chi connectivity index (χ0) is 19.6. The molecule has 0 bridgehead atoms. The minimum atomic E-state index is -1.50. The molecule has 0 saturated carbocycles. The van der Waals surface area contributed by atoms with Gasteiger partial charge in [-0.3, -0.25) is 4.79 Å². The molecule has 26 heavy (non-hydrogen) atoms. The Morgan fingerprint density at radius 1 is 1.31 bits per heavy atom. The SMILES string of the molecule is CCC(C)(C)NS(=O)c1cc(C(=O)Nc2cc(F)c(F)c(Cl)c2)n(C)c1. The van der Waals surface area contributed by atoms with Gasteiger partial charge in [0.1, 0.15) is 16.7 Å². The van der Waals surface area contributed by atoms with Crippen molar-refractivity contribution in [2.75, 3.05) is 5.32 Å². The molecule has 2 aromatic rings. The number of amides is 1. The fourth-order valence-corrected chi connectivity index (χ4v) is 3.51. The van der Waals surface area contributed by atoms with Crippen molar-refractivity contribution in [1.29, 1.82) is 0 Å². The molecule has 0 saturated heterocycles. The number of hydrogen-bond acceptors (Lipinski definition) is 2. The van der Waals surface area contributed by atoms with Crippen molar-refractivity contribution in [3.63, 3.8) is 0 Å². The van der Waals surface area contributed by atoms with Gasteiger partial charge in [0, 0.05) is 30.5 Å². The summed E-state index contributed by atoms with van der Waals surface area (Å²) in [6, 6.07) is 3.43. The minimum Gasteiger partial charge on any atom is -0.345 e. The second-order valence-electron chi connectivity index (χ2n) is 6.49. The summed E-state index contributed by atoms with van der Waals surface area (Å²) in [5, 5.41) is 2.02. The lowest BCUT2D eigenvalue weighted by Crippen LogP contribution is -2.39. The molecule has 9 heteroatoms. The van der Waals surface area contributed by atoms with Gasteiger partial charge in [-0.15, -0.1) is 0 Å². The Kier molecular flexibility index (Phi) is 6.21. The van der Waals surface area contributed by atoms with Crippen LogP contribution in [0.2, 0.25) is 5.02 Å². The number of rotatable bonds is 6. The first kappa shape index (κ1) is 20.5. The minimum absolute atomic E-state index is 0.0213. The zero-order valence-electron chi connectivity index (χ0n) is 14.8. The molecule has 0 fully saturated rings. The van der Waals surface area contributed by atoms with Crippen LogP contribution in [0, 0.1) is 11.6 Å². The number of carbonyl (C=O) groups is 1. The van der Waals surface area contributed by atoms with Gasteiger partial charge in [-0.25, -0.2) is 17.7 Å². The molecule has 2 N–H and O–H groups in total. The normalized spacial score (nSPS) is 12.9. The number of aryl methyl sites for hydroxylation is 1. The van der Waals surface area contributed by atoms with Gasteiger partial charge in [0.15, 0.2) is 11.6 Å². The monoisotopic (exact) mass is 403 g/mol. The van der Waals surface area contributed by atoms with E-state index in [9.17, 15) is 17.8 Å². The molecule has 1 atom stereocenters. The number of anilines is 1. The number of nitrogens with zero attached hydrogens (tertiary/aromatic N) is 1. The Labute approximate surface area is 158 Å². The average Bonchev–Trinajstić information content (AvgIpc) is 2.94. The van der Waals surface area contributed by atoms with Crippen LogP contribution >= 0.6 is 11.6 Å². The summed E-state index contributed by atoms with van der Waals surface area (Å²) in [5.41, 5.74) is -0.0933. The molecule has 0 spiro atoms. The summed E-state index contributed by atoms with van der Waals surface area (Å²) in [7, 11) is 0.127. The summed E-state index contributed by atoms with van der Waals surface area (Å²) < 4.78 is 43.6. The highest BCUT2D eigenvalue weighted by Gasteiger charge is 2.21. The van der Waals surface area contributed by atoms with Gasteiger partial charge in [-0.2, -0.15) is 0 Å². The summed E-state index contributed by atoms with van der Waals surface area (Å²) in [6.07, 6.45) is 2.35. The highest BCUT2D eigenvalue weighted by atomic mass is 35.5. The number of benzene rings is 1. The summed E-state index contributed by atoms with van der Waals surface area (Å²) >= 11 is 5.58. The van der Waals surface area contributed by atoms with E-state index in [0.717, 1.165) is 18.6 Å². The largest absolute Gasteiger partial charge is 0.345 e. The maximum absolute atomic E-state index is 13.4. The second kappa shape index (κ2) is 7.85. The predicted octanol–water partition coefficient (Wildman–Crippen LogP) is 4.01. The van der Waals surface area contributed by atoms with Gasteiger partial charge in [-0.1, -0.05) is 18.5 Å². The highest BCUT2D eigenvalue weighted by molar-refractivity contribution is 7.83. The smallest absolute Gasteiger partial charge is 0.272 e. The molecule has 1 unspecified atom stereocenters. The number of nitrogens with one attached hydrogen (secondary N) is 2. The molecule has 142 valence electrons. The third-order valence-corrected chi connectivity index (χ3v) is 5.59. The van der Waals surface area contributed by atoms with Gasteiger partial charge >= 0.3 is 0 Å². The lowest BCUT2D eigenvalue weighted by Gasteiger charge is -2.23. The molecule has 2 rings (SSSR count). The molecule has 1 aromatic carbocycles. The standard InChI is InChI=1S/C17H20ClF2N3O2S/c1-5-17(2,3)22-26(25)11-8-14(23(4)9-11)16(24)21-10-6-12(18)15(20)13(19)7-10/h6-9,22H,5H2,1-4H3,(H,21,24). The van der Waals surface area contributed by atoms with Gasteiger partial charge < -0.3 is 9.88 Å². The van der Waals surface area contributed by atoms with Gasteiger partial charge in [0.05, 0.1) is 9.92 Å². The van der Waals surface area contributed by atoms with E-state index in [0.29, 0.717) is 4.90 Å². The first-order chi connectivity index (χ1) is 12.0. The first-order valence-corrected chi connectivity index (χ1v) is 9.38. The Balaban J connectivity index is 2.20. The maximum Gasteiger partial charge on any atom is 0.272 e. The van der Waals surface area contributed by atoms with E-state index in [-0.39, 0.29) is 16.9 Å². The van der Waals surface area contributed by atoms with Crippen molar-refractivity contribution in [2.45, 2.75) is 37.6 Å². The predicted molar refractivity (Wildman–Crippen MR) is 98.6 cm³/mol. The fourth-order valence-electron chi connectivity index (χ4n) is 2.07. The van der Waals surface area contributed by atoms with Crippen LogP contribution in [0.4, 0.5) is 14.5 Å². The molecule has 0 aliphatic carbocycles. The van der Waals surface area contributed by atoms with Gasteiger partial charge in [0.2, 0.25) is 0 Å². The summed E-state index contributed by atoms with van der Waals surface area (Å²) in [6.45, 7) is 5.82. The second-order valence-corrected chi connectivity index (χ2v) is 8.11. The Bertz CT molecular complexity index is 845. The van der Waals surface area contributed by atoms with E-state index in [1.807, 2.05) is 20.8 Å². The van der Waals surface area contributed by atoms with Crippen molar-refractivity contribution in [3.8, 4) is 0 Å². The van der Waals surface area contributed by atoms with Crippen molar-refractivity contribution in [1.82, 2.24) is 9.29 Å². The van der Waals surface area contributed by atoms with Gasteiger partial charge in [0.25, 0.3) is 5.91 Å². The van der Waals surface area contributed by atoms with Crippen LogP contribution in [-0.4, -0.2) is 20.2 Å². The van der Waals surface area contributed by atoms with Crippen molar-refractivity contribution < 1.29 is 17.8 Å². The Morgan fingerprint density at radius 3 is 2.54 bits per heavy atom. The lowest BCUT2D eigenvalue weighted by molar-refractivity contribution is 0.101. The van der Waals surface area contributed by atoms with E-state index in [1.54, 1.807) is 13.2 Å². The molecular weight excluding hydrogens is 384 g/mol. The Morgan fingerprint density at radius 2 is 1.96 bits per heavy atom. The summed E-state index contributed by atoms with van der Waals surface area (Å²) in [5.74, 6) is -2.90. The van der Waals surface area contributed by atoms with Crippen LogP contribution in [0.25, 0.3) is 0 Å². The maximum atomic E-state index is 13.4. The third-order valence-electron chi connectivity index (χ3n) is 3.92. The molecular formula is C17H20ClF2N3O2S. The average molecular weight is 404 g/mol. The molecule has 1 heterocycles. The van der Waals surface area contributed by atoms with Crippen LogP contribution in [-0.2, 0) is 18.0 Å². The quantitative estimate of drug-likeness (QED) is 0.716. The Hall–Kier alpha value is -1.77. The lowest BCUT2D eigenvalue weighted by atomic mass is 10.0. The molecule has 0 aliphatic heterocycles. The number of aromatic nitrogens is 1. The van der Waals surface area contributed by atoms with Crippen LogP contribution in [0.3, 0.4) is 0 Å². The molecule has 0 aliphatic rings. The molecule has 1 aromatic heterocycles. The van der Waals surface area contributed by atoms with Gasteiger partial charge in [-0.05, 0) is 32.4 Å². The zero-order valence-corrected chi connectivity index (χ0v) is 16.4. The van der Waals surface area contributed by atoms with E-state index < -0.39 is 33.5 Å². The number of halogens is 3. The highest BCUT2D eigenvalue weighted by Crippen LogP contribution is 2.23. The van der Waals surface area contributed by atoms with Crippen LogP contribution in [0.1, 0.15) is 37.7 Å². The number of carbonyl (C=O) groups excluding carboxylic acids is 1. The van der Waals surface area contributed by atoms with E-state index >= 15 is 0 Å². The van der Waals surface area contributed by atoms with E-state index in [2.05, 4.69) is 10.0 Å². The first-order valence-electron chi connectivity index (χ1n) is 7.86. The van der Waals surface area contributed by atoms with E-state index in [1.165, 1.54) is 10.6 Å². The third kappa shape index (κ3) is 4.69. The molecule has 0 radical (unpaired) electrons. The van der Waals surface area contributed by atoms with Crippen LogP contribution in [0.15, 0.2) is 29.3 Å². The topological polar surface area (TPSA) is 63.1 Å². The molecule has 5 nitrogen and oxygen atoms in total. The van der Waals surface area contributed by atoms with Crippen LogP contribution in [0.5, 0.6) is 0 Å². The van der Waals surface area contributed by atoms with Crippen molar-refractivity contribution >= 4 is 34.2 Å². The number of hydrogen-bond donors (Lipinski definition) is 2. The van der Waals surface area contributed by atoms with E-state index in [4.69, 9.17) is 11.6 Å².